The monoisotopic (exact) mass is 326 g/mol. The van der Waals surface area contributed by atoms with E-state index < -0.39 is 0 Å². The van der Waals surface area contributed by atoms with Crippen LogP contribution < -0.4 is 0 Å². The Morgan fingerprint density at radius 2 is 1.77 bits per heavy atom. The summed E-state index contributed by atoms with van der Waals surface area (Å²) in [6.45, 7) is 3.55. The fourth-order valence-electron chi connectivity index (χ4n) is 2.50. The van der Waals surface area contributed by atoms with E-state index in [0.29, 0.717) is 16.3 Å². The topological polar surface area (TPSA) is 17.1 Å². The molecule has 1 aliphatic heterocycles. The SMILES string of the molecule is C=CC(=O)CC1CSC(c2ccc(-c3ccccc3)cc2)S1. The molecule has 3 heteroatoms. The fourth-order valence-corrected chi connectivity index (χ4v) is 5.85. The second-order valence-corrected chi connectivity index (χ2v) is 8.13. The first-order valence-corrected chi connectivity index (χ1v) is 9.33. The summed E-state index contributed by atoms with van der Waals surface area (Å²) in [5, 5.41) is 0.411. The number of allylic oxidation sites excluding steroid dienone is 1. The van der Waals surface area contributed by atoms with Gasteiger partial charge in [-0.25, -0.2) is 0 Å². The van der Waals surface area contributed by atoms with Crippen LogP contribution in [0.25, 0.3) is 11.1 Å². The minimum absolute atomic E-state index is 0.151. The molecule has 1 nitrogen and oxygen atoms in total. The Hall–Kier alpha value is -1.45. The standard InChI is InChI=1S/C19H18OS2/c1-2-17(20)12-18-13-21-19(22-18)16-10-8-15(9-11-16)14-6-4-3-5-7-14/h2-11,18-19H,1,12-13H2. The lowest BCUT2D eigenvalue weighted by atomic mass is 10.0. The van der Waals surface area contributed by atoms with Crippen LogP contribution in [0.2, 0.25) is 0 Å². The van der Waals surface area contributed by atoms with Crippen molar-refractivity contribution in [2.45, 2.75) is 16.3 Å². The Bertz CT molecular complexity index is 649. The quantitative estimate of drug-likeness (QED) is 0.690. The van der Waals surface area contributed by atoms with Crippen molar-refractivity contribution in [3.8, 4) is 11.1 Å². The number of carbonyl (C=O) groups excluding carboxylic acids is 1. The molecular formula is C19H18OS2. The van der Waals surface area contributed by atoms with E-state index >= 15 is 0 Å². The maximum Gasteiger partial charge on any atom is 0.156 e. The van der Waals surface area contributed by atoms with Crippen molar-refractivity contribution in [3.05, 3.63) is 72.8 Å². The van der Waals surface area contributed by atoms with Gasteiger partial charge >= 0.3 is 0 Å². The second kappa shape index (κ2) is 7.21. The van der Waals surface area contributed by atoms with Crippen LogP contribution in [0.4, 0.5) is 0 Å². The van der Waals surface area contributed by atoms with Crippen LogP contribution in [0.15, 0.2) is 67.3 Å². The second-order valence-electron chi connectivity index (χ2n) is 5.29. The van der Waals surface area contributed by atoms with E-state index in [0.717, 1.165) is 5.75 Å². The first-order valence-electron chi connectivity index (χ1n) is 7.34. The molecular weight excluding hydrogens is 308 g/mol. The maximum atomic E-state index is 11.5. The fraction of sp³-hybridized carbons (Fsp3) is 0.211. The van der Waals surface area contributed by atoms with E-state index in [-0.39, 0.29) is 5.78 Å². The van der Waals surface area contributed by atoms with Crippen molar-refractivity contribution in [2.24, 2.45) is 0 Å². The minimum atomic E-state index is 0.151. The van der Waals surface area contributed by atoms with Crippen molar-refractivity contribution in [2.75, 3.05) is 5.75 Å². The van der Waals surface area contributed by atoms with E-state index in [9.17, 15) is 4.79 Å². The van der Waals surface area contributed by atoms with Crippen molar-refractivity contribution in [1.29, 1.82) is 0 Å². The van der Waals surface area contributed by atoms with E-state index in [1.54, 1.807) is 0 Å². The summed E-state index contributed by atoms with van der Waals surface area (Å²) in [5.41, 5.74) is 3.83. The molecule has 3 rings (SSSR count). The first-order chi connectivity index (χ1) is 10.8. The Morgan fingerprint density at radius 1 is 1.09 bits per heavy atom. The molecule has 0 N–H and O–H groups in total. The van der Waals surface area contributed by atoms with Crippen LogP contribution in [0.5, 0.6) is 0 Å². The molecule has 1 saturated heterocycles. The lowest BCUT2D eigenvalue weighted by Crippen LogP contribution is -2.07. The number of carbonyl (C=O) groups is 1. The lowest BCUT2D eigenvalue weighted by Gasteiger charge is -2.11. The molecule has 22 heavy (non-hydrogen) atoms. The lowest BCUT2D eigenvalue weighted by molar-refractivity contribution is -0.114. The van der Waals surface area contributed by atoms with Gasteiger partial charge in [-0.1, -0.05) is 61.2 Å². The van der Waals surface area contributed by atoms with Gasteiger partial charge in [-0.05, 0) is 22.8 Å². The van der Waals surface area contributed by atoms with E-state index in [1.807, 2.05) is 29.6 Å². The molecule has 0 aromatic heterocycles. The van der Waals surface area contributed by atoms with E-state index in [2.05, 4.69) is 55.1 Å². The van der Waals surface area contributed by atoms with Crippen LogP contribution in [-0.2, 0) is 4.79 Å². The summed E-state index contributed by atoms with van der Waals surface area (Å²) in [6, 6.07) is 19.2. The molecule has 2 aromatic carbocycles. The average Bonchev–Trinajstić information content (AvgIpc) is 3.04. The minimum Gasteiger partial charge on any atom is -0.295 e. The smallest absolute Gasteiger partial charge is 0.156 e. The van der Waals surface area contributed by atoms with Gasteiger partial charge in [0.25, 0.3) is 0 Å². The molecule has 0 spiro atoms. The summed E-state index contributed by atoms with van der Waals surface area (Å²) >= 11 is 3.84. The van der Waals surface area contributed by atoms with Crippen LogP contribution in [0.1, 0.15) is 16.6 Å². The number of hydrogen-bond acceptors (Lipinski definition) is 3. The molecule has 0 bridgehead atoms. The van der Waals surface area contributed by atoms with Gasteiger partial charge in [0.05, 0.1) is 4.58 Å². The third-order valence-corrected chi connectivity index (χ3v) is 7.06. The number of ketones is 1. The molecule has 1 fully saturated rings. The highest BCUT2D eigenvalue weighted by Crippen LogP contribution is 2.50. The molecule has 112 valence electrons. The number of thioether (sulfide) groups is 2. The zero-order valence-electron chi connectivity index (χ0n) is 12.3. The highest BCUT2D eigenvalue weighted by molar-refractivity contribution is 8.19. The van der Waals surface area contributed by atoms with E-state index in [1.165, 1.54) is 22.8 Å². The largest absolute Gasteiger partial charge is 0.295 e. The number of rotatable bonds is 5. The van der Waals surface area contributed by atoms with Crippen molar-refractivity contribution < 1.29 is 4.79 Å². The van der Waals surface area contributed by atoms with Crippen LogP contribution in [0, 0.1) is 0 Å². The van der Waals surface area contributed by atoms with Gasteiger partial charge in [0.2, 0.25) is 0 Å². The molecule has 2 atom stereocenters. The molecule has 1 aliphatic rings. The highest BCUT2D eigenvalue weighted by atomic mass is 32.2. The average molecular weight is 326 g/mol. The van der Waals surface area contributed by atoms with Gasteiger partial charge in [0, 0.05) is 17.4 Å². The van der Waals surface area contributed by atoms with Crippen molar-refractivity contribution in [1.82, 2.24) is 0 Å². The molecule has 0 aliphatic carbocycles. The van der Waals surface area contributed by atoms with Gasteiger partial charge in [0.1, 0.15) is 0 Å². The number of hydrogen-bond donors (Lipinski definition) is 0. The predicted octanol–water partition coefficient (Wildman–Crippen LogP) is 5.35. The van der Waals surface area contributed by atoms with Crippen LogP contribution in [0.3, 0.4) is 0 Å². The zero-order chi connectivity index (χ0) is 15.4. The van der Waals surface area contributed by atoms with Crippen LogP contribution in [-0.4, -0.2) is 16.8 Å². The Kier molecular flexibility index (Phi) is 5.06. The third-order valence-electron chi connectivity index (χ3n) is 3.70. The van der Waals surface area contributed by atoms with Crippen molar-refractivity contribution in [3.63, 3.8) is 0 Å². The molecule has 0 saturated carbocycles. The molecule has 2 unspecified atom stereocenters. The summed E-state index contributed by atoms with van der Waals surface area (Å²) in [4.78, 5) is 11.5. The van der Waals surface area contributed by atoms with Crippen LogP contribution >= 0.6 is 23.5 Å². The molecule has 1 heterocycles. The Morgan fingerprint density at radius 3 is 2.45 bits per heavy atom. The molecule has 0 amide bonds. The summed E-state index contributed by atoms with van der Waals surface area (Å²) in [7, 11) is 0. The third kappa shape index (κ3) is 3.65. The van der Waals surface area contributed by atoms with Gasteiger partial charge in [-0.2, -0.15) is 0 Å². The highest BCUT2D eigenvalue weighted by Gasteiger charge is 2.28. The van der Waals surface area contributed by atoms with Crippen molar-refractivity contribution >= 4 is 29.3 Å². The first kappa shape index (κ1) is 15.4. The summed E-state index contributed by atoms with van der Waals surface area (Å²) in [5.74, 6) is 1.19. The Labute approximate surface area is 140 Å². The molecule has 0 radical (unpaired) electrons. The Balaban J connectivity index is 1.67. The molecule has 2 aromatic rings. The predicted molar refractivity (Wildman–Crippen MR) is 98.3 cm³/mol. The summed E-state index contributed by atoms with van der Waals surface area (Å²) < 4.78 is 0.437. The van der Waals surface area contributed by atoms with Gasteiger partial charge in [0.15, 0.2) is 5.78 Å². The van der Waals surface area contributed by atoms with Gasteiger partial charge in [-0.15, -0.1) is 23.5 Å². The van der Waals surface area contributed by atoms with Gasteiger partial charge in [-0.3, -0.25) is 4.79 Å². The van der Waals surface area contributed by atoms with E-state index in [4.69, 9.17) is 0 Å². The normalized spacial score (nSPS) is 20.7. The summed E-state index contributed by atoms with van der Waals surface area (Å²) in [6.07, 6.45) is 2.05. The zero-order valence-corrected chi connectivity index (χ0v) is 13.9. The number of benzene rings is 2. The van der Waals surface area contributed by atoms with Gasteiger partial charge < -0.3 is 0 Å². The maximum absolute atomic E-state index is 11.5.